The van der Waals surface area contributed by atoms with Gasteiger partial charge in [-0.1, -0.05) is 128 Å². The predicted molar refractivity (Wildman–Crippen MR) is 241 cm³/mol. The zero-order chi connectivity index (χ0) is 38.7. The highest BCUT2D eigenvalue weighted by Gasteiger charge is 2.19. The van der Waals surface area contributed by atoms with Crippen LogP contribution in [0.25, 0.3) is 88.2 Å². The molecule has 274 valence electrons. The first kappa shape index (κ1) is 33.6. The molecular formula is C53H35N3O2. The maximum atomic E-state index is 6.63. The number of aliphatic imine (C=N–C) groups is 2. The number of rotatable bonds is 6. The number of benzene rings is 8. The van der Waals surface area contributed by atoms with Gasteiger partial charge < -0.3 is 13.4 Å². The molecule has 0 N–H and O–H groups in total. The lowest BCUT2D eigenvalue weighted by atomic mass is 10.0. The van der Waals surface area contributed by atoms with Crippen LogP contribution < -0.4 is 0 Å². The number of amidine groups is 1. The van der Waals surface area contributed by atoms with Gasteiger partial charge in [0.15, 0.2) is 5.84 Å². The molecule has 11 aromatic rings. The van der Waals surface area contributed by atoms with E-state index in [-0.39, 0.29) is 0 Å². The minimum Gasteiger partial charge on any atom is -0.456 e. The Kier molecular flexibility index (Phi) is 7.79. The summed E-state index contributed by atoms with van der Waals surface area (Å²) in [5, 5.41) is 6.62. The monoisotopic (exact) mass is 745 g/mol. The van der Waals surface area contributed by atoms with Crippen molar-refractivity contribution in [3.05, 3.63) is 205 Å². The van der Waals surface area contributed by atoms with Gasteiger partial charge in [0.1, 0.15) is 22.3 Å². The molecule has 0 bridgehead atoms. The molecular weight excluding hydrogens is 711 g/mol. The van der Waals surface area contributed by atoms with Gasteiger partial charge in [-0.25, -0.2) is 9.98 Å². The van der Waals surface area contributed by atoms with Crippen molar-refractivity contribution in [3.8, 4) is 16.8 Å². The molecule has 0 spiro atoms. The van der Waals surface area contributed by atoms with E-state index >= 15 is 0 Å². The molecule has 0 atom stereocenters. The molecule has 0 saturated heterocycles. The average molecular weight is 746 g/mol. The van der Waals surface area contributed by atoms with Crippen molar-refractivity contribution >= 4 is 82.9 Å². The fourth-order valence-corrected chi connectivity index (χ4v) is 8.31. The van der Waals surface area contributed by atoms with Crippen LogP contribution in [0.4, 0.5) is 0 Å². The summed E-state index contributed by atoms with van der Waals surface area (Å²) in [6.45, 7) is 6.30. The molecule has 0 aliphatic heterocycles. The van der Waals surface area contributed by atoms with Gasteiger partial charge in [-0.15, -0.1) is 0 Å². The Morgan fingerprint density at radius 1 is 0.466 bits per heavy atom. The number of nitrogens with zero attached hydrogens (tertiary/aromatic N) is 3. The van der Waals surface area contributed by atoms with Gasteiger partial charge in [0.25, 0.3) is 0 Å². The minimum atomic E-state index is 0.571. The minimum absolute atomic E-state index is 0.571. The molecule has 0 fully saturated rings. The topological polar surface area (TPSA) is 55.9 Å². The third-order valence-electron chi connectivity index (χ3n) is 11.2. The van der Waals surface area contributed by atoms with E-state index in [0.29, 0.717) is 11.5 Å². The molecule has 5 nitrogen and oxygen atoms in total. The van der Waals surface area contributed by atoms with E-state index in [1.54, 1.807) is 0 Å². The van der Waals surface area contributed by atoms with Crippen molar-refractivity contribution in [2.75, 3.05) is 0 Å². The number of furan rings is 2. The summed E-state index contributed by atoms with van der Waals surface area (Å²) in [7, 11) is 0. The molecule has 0 aliphatic rings. The molecule has 58 heavy (non-hydrogen) atoms. The van der Waals surface area contributed by atoms with E-state index in [2.05, 4.69) is 126 Å². The first-order valence-corrected chi connectivity index (χ1v) is 19.4. The molecule has 0 aliphatic carbocycles. The van der Waals surface area contributed by atoms with Crippen molar-refractivity contribution in [1.82, 2.24) is 4.57 Å². The van der Waals surface area contributed by atoms with Gasteiger partial charge >= 0.3 is 0 Å². The fraction of sp³-hybridized carbons (Fsp3) is 0.0189. The summed E-state index contributed by atoms with van der Waals surface area (Å²) in [5.41, 5.74) is 13.2. The van der Waals surface area contributed by atoms with Crippen LogP contribution in [0, 0.1) is 0 Å². The third-order valence-corrected chi connectivity index (χ3v) is 11.2. The zero-order valence-electron chi connectivity index (χ0n) is 31.7. The number of hydrogen-bond acceptors (Lipinski definition) is 3. The number of aromatic nitrogens is 1. The average Bonchev–Trinajstić information content (AvgIpc) is 3.95. The Labute approximate surface area is 334 Å². The highest BCUT2D eigenvalue weighted by atomic mass is 16.3. The van der Waals surface area contributed by atoms with E-state index in [4.69, 9.17) is 18.8 Å². The first-order chi connectivity index (χ1) is 28.6. The van der Waals surface area contributed by atoms with Crippen molar-refractivity contribution in [1.29, 1.82) is 0 Å². The molecule has 0 unspecified atom stereocenters. The Balaban J connectivity index is 0.999. The van der Waals surface area contributed by atoms with Gasteiger partial charge in [-0.2, -0.15) is 0 Å². The van der Waals surface area contributed by atoms with Crippen molar-refractivity contribution < 1.29 is 8.83 Å². The maximum absolute atomic E-state index is 6.63. The Hall–Kier alpha value is -7.76. The number of fused-ring (bicyclic) bond motifs is 10. The van der Waals surface area contributed by atoms with E-state index in [1.807, 2.05) is 73.7 Å². The van der Waals surface area contributed by atoms with Crippen LogP contribution in [0.3, 0.4) is 0 Å². The standard InChI is InChI=1S/C53H35N3O2/c1-33(35-14-5-3-6-15-35)54-53(55-34(2)36-16-7-4-8-17-36)39-25-27-43-42-26-24-38(31-49(42)57-50(43)32-39)37-18-13-19-40(30-37)56-46-22-11-9-21-45(46)51-47(56)29-28-44-41-20-10-12-23-48(41)58-52(44)51/h3-32H,1H2,2H3. The SMILES string of the molecule is C=C(N=C(N=C(C)c1ccccc1)c1ccc2c(c1)oc1cc(-c3cccc(-n4c5ccccc5c5c6oc7ccccc7c6ccc54)c3)ccc12)c1ccccc1. The largest absolute Gasteiger partial charge is 0.456 e. The second-order valence-corrected chi connectivity index (χ2v) is 14.7. The molecule has 0 radical (unpaired) electrons. The first-order valence-electron chi connectivity index (χ1n) is 19.4. The van der Waals surface area contributed by atoms with Gasteiger partial charge in [0, 0.05) is 43.9 Å². The van der Waals surface area contributed by atoms with Crippen LogP contribution in [0.15, 0.2) is 207 Å². The molecule has 8 aromatic carbocycles. The third kappa shape index (κ3) is 5.55. The Morgan fingerprint density at radius 3 is 1.95 bits per heavy atom. The second-order valence-electron chi connectivity index (χ2n) is 14.7. The summed E-state index contributed by atoms with van der Waals surface area (Å²) >= 11 is 0. The lowest BCUT2D eigenvalue weighted by Crippen LogP contribution is -2.04. The van der Waals surface area contributed by atoms with E-state index in [0.717, 1.165) is 105 Å². The van der Waals surface area contributed by atoms with Gasteiger partial charge in [-0.05, 0) is 89.8 Å². The summed E-state index contributed by atoms with van der Waals surface area (Å²) < 4.78 is 15.5. The summed E-state index contributed by atoms with van der Waals surface area (Å²) in [5.74, 6) is 0.571. The van der Waals surface area contributed by atoms with Crippen LogP contribution in [0.1, 0.15) is 23.6 Å². The van der Waals surface area contributed by atoms with Crippen LogP contribution >= 0.6 is 0 Å². The zero-order valence-corrected chi connectivity index (χ0v) is 31.7. The molecule has 0 amide bonds. The van der Waals surface area contributed by atoms with E-state index in [1.165, 1.54) is 0 Å². The summed E-state index contributed by atoms with van der Waals surface area (Å²) in [6, 6.07) is 62.8. The Morgan fingerprint density at radius 2 is 1.12 bits per heavy atom. The summed E-state index contributed by atoms with van der Waals surface area (Å²) in [6.07, 6.45) is 0. The highest BCUT2D eigenvalue weighted by Crippen LogP contribution is 2.41. The molecule has 0 saturated carbocycles. The summed E-state index contributed by atoms with van der Waals surface area (Å²) in [4.78, 5) is 10.0. The van der Waals surface area contributed by atoms with E-state index in [9.17, 15) is 0 Å². The quantitative estimate of drug-likeness (QED) is 0.126. The fourth-order valence-electron chi connectivity index (χ4n) is 8.31. The number of hydrogen-bond donors (Lipinski definition) is 0. The molecule has 11 rings (SSSR count). The smallest absolute Gasteiger partial charge is 0.160 e. The van der Waals surface area contributed by atoms with Gasteiger partial charge in [-0.3, -0.25) is 0 Å². The predicted octanol–water partition coefficient (Wildman–Crippen LogP) is 14.2. The van der Waals surface area contributed by atoms with Gasteiger partial charge in [0.2, 0.25) is 0 Å². The maximum Gasteiger partial charge on any atom is 0.160 e. The second kappa shape index (κ2) is 13.5. The van der Waals surface area contributed by atoms with Crippen molar-refractivity contribution in [3.63, 3.8) is 0 Å². The van der Waals surface area contributed by atoms with Crippen LogP contribution in [0.2, 0.25) is 0 Å². The van der Waals surface area contributed by atoms with Gasteiger partial charge in [0.05, 0.1) is 22.1 Å². The normalized spacial score (nSPS) is 12.5. The lowest BCUT2D eigenvalue weighted by molar-refractivity contribution is 0.669. The highest BCUT2D eigenvalue weighted by molar-refractivity contribution is 6.24. The van der Waals surface area contributed by atoms with Crippen LogP contribution in [0.5, 0.6) is 0 Å². The van der Waals surface area contributed by atoms with E-state index < -0.39 is 0 Å². The molecule has 5 heteroatoms. The van der Waals surface area contributed by atoms with Crippen LogP contribution in [-0.2, 0) is 0 Å². The van der Waals surface area contributed by atoms with Crippen molar-refractivity contribution in [2.24, 2.45) is 9.98 Å². The Bertz CT molecular complexity index is 3470. The van der Waals surface area contributed by atoms with Crippen molar-refractivity contribution in [2.45, 2.75) is 6.92 Å². The molecule has 3 aromatic heterocycles. The molecule has 3 heterocycles. The van der Waals surface area contributed by atoms with Crippen LogP contribution in [-0.4, -0.2) is 16.1 Å². The lowest BCUT2D eigenvalue weighted by Gasteiger charge is -2.10. The number of para-hydroxylation sites is 2.